The first-order chi connectivity index (χ1) is 13.4. The molecule has 0 aromatic rings. The average Bonchev–Trinajstić information content (AvgIpc) is 2.83. The summed E-state index contributed by atoms with van der Waals surface area (Å²) in [5, 5.41) is 31.9. The molecule has 0 radical (unpaired) electrons. The average molecular weight is 408 g/mol. The fraction of sp³-hybridized carbons (Fsp3) is 0.773. The first-order valence-corrected chi connectivity index (χ1v) is 10.4. The molecular formula is C22H29FO6. The number of carbonyl (C=O) groups is 3. The number of hydrogen-bond acceptors (Lipinski definition) is 5. The van der Waals surface area contributed by atoms with E-state index >= 15 is 4.39 Å². The van der Waals surface area contributed by atoms with Crippen molar-refractivity contribution < 1.29 is 34.1 Å². The van der Waals surface area contributed by atoms with E-state index in [4.69, 9.17) is 0 Å². The summed E-state index contributed by atoms with van der Waals surface area (Å²) in [6.07, 6.45) is 0.532. The molecule has 0 heterocycles. The zero-order valence-corrected chi connectivity index (χ0v) is 17.0. The lowest BCUT2D eigenvalue weighted by Crippen LogP contribution is -2.64. The summed E-state index contributed by atoms with van der Waals surface area (Å²) in [5.74, 6) is -4.51. The van der Waals surface area contributed by atoms with Crippen LogP contribution in [0.15, 0.2) is 11.6 Å². The Morgan fingerprint density at radius 1 is 1.24 bits per heavy atom. The van der Waals surface area contributed by atoms with Crippen LogP contribution in [-0.4, -0.2) is 50.7 Å². The zero-order valence-electron chi connectivity index (χ0n) is 17.0. The number of aliphatic hydroxyl groups excluding tert-OH is 1. The van der Waals surface area contributed by atoms with Gasteiger partial charge in [0, 0.05) is 11.8 Å². The van der Waals surface area contributed by atoms with Crippen LogP contribution in [0.5, 0.6) is 0 Å². The minimum Gasteiger partial charge on any atom is -0.475 e. The maximum Gasteiger partial charge on any atom is 0.375 e. The van der Waals surface area contributed by atoms with Gasteiger partial charge in [0.15, 0.2) is 5.78 Å². The van der Waals surface area contributed by atoms with Crippen molar-refractivity contribution in [2.24, 2.45) is 34.5 Å². The van der Waals surface area contributed by atoms with Gasteiger partial charge in [0.05, 0.1) is 6.10 Å². The Morgan fingerprint density at radius 2 is 1.90 bits per heavy atom. The summed E-state index contributed by atoms with van der Waals surface area (Å²) in [7, 11) is 0. The standard InChI is InChI=1S/C22H29FO6/c1-10-6-13-12-8-15(23)14-7-11(24)4-5-20(14,2)17(12)16(25)9-21(13,3)22(10,29)18(26)19(27)28/h7,10,12-13,15-17,25,29H,4-6,8-9H2,1-3H3,(H,27,28)/t10?,12-,13-,15?,16?,17+,20-,21-,22-/m0/s1. The largest absolute Gasteiger partial charge is 0.475 e. The number of allylic oxidation sites excluding steroid dienone is 1. The summed E-state index contributed by atoms with van der Waals surface area (Å²) in [5.41, 5.74) is -3.44. The molecule has 29 heavy (non-hydrogen) atoms. The highest BCUT2D eigenvalue weighted by atomic mass is 19.1. The third-order valence-electron chi connectivity index (χ3n) is 8.99. The Kier molecular flexibility index (Phi) is 4.42. The van der Waals surface area contributed by atoms with E-state index in [1.165, 1.54) is 6.08 Å². The Balaban J connectivity index is 1.81. The number of carboxylic acid groups (broad SMARTS) is 1. The first kappa shape index (κ1) is 20.7. The fourth-order valence-corrected chi connectivity index (χ4v) is 7.67. The Morgan fingerprint density at radius 3 is 2.52 bits per heavy atom. The summed E-state index contributed by atoms with van der Waals surface area (Å²) in [6, 6.07) is 0. The van der Waals surface area contributed by atoms with Crippen molar-refractivity contribution in [3.8, 4) is 0 Å². The van der Waals surface area contributed by atoms with Crippen molar-refractivity contribution in [3.63, 3.8) is 0 Å². The van der Waals surface area contributed by atoms with Crippen molar-refractivity contribution in [2.45, 2.75) is 70.8 Å². The topological polar surface area (TPSA) is 112 Å². The first-order valence-electron chi connectivity index (χ1n) is 10.4. The molecule has 7 heteroatoms. The van der Waals surface area contributed by atoms with E-state index in [1.54, 1.807) is 13.8 Å². The van der Waals surface area contributed by atoms with Gasteiger partial charge in [-0.25, -0.2) is 9.18 Å². The van der Waals surface area contributed by atoms with E-state index in [-0.39, 0.29) is 36.4 Å². The van der Waals surface area contributed by atoms with Crippen LogP contribution in [0.2, 0.25) is 0 Å². The van der Waals surface area contributed by atoms with Gasteiger partial charge in [0.25, 0.3) is 5.78 Å². The van der Waals surface area contributed by atoms with Crippen molar-refractivity contribution in [1.82, 2.24) is 0 Å². The molecule has 0 bridgehead atoms. The van der Waals surface area contributed by atoms with Gasteiger partial charge in [-0.05, 0) is 66.4 Å². The molecule has 4 aliphatic carbocycles. The lowest BCUT2D eigenvalue weighted by Gasteiger charge is -2.60. The van der Waals surface area contributed by atoms with E-state index in [0.29, 0.717) is 24.8 Å². The number of aliphatic carboxylic acids is 1. The molecular weight excluding hydrogens is 379 g/mol. The van der Waals surface area contributed by atoms with E-state index < -0.39 is 46.4 Å². The van der Waals surface area contributed by atoms with Gasteiger partial charge in [-0.3, -0.25) is 9.59 Å². The SMILES string of the molecule is CC1C[C@H]2[C@@H]3CC(F)C4=CC(=O)CC[C@]4(C)[C@H]3C(O)C[C@]2(C)[C@@]1(O)C(=O)C(=O)O. The molecule has 4 aliphatic rings. The van der Waals surface area contributed by atoms with E-state index in [1.807, 2.05) is 6.92 Å². The smallest absolute Gasteiger partial charge is 0.375 e. The molecule has 0 amide bonds. The Labute approximate surface area is 169 Å². The van der Waals surface area contributed by atoms with Crippen molar-refractivity contribution in [3.05, 3.63) is 11.6 Å². The number of carboxylic acids is 1. The van der Waals surface area contributed by atoms with Gasteiger partial charge in [0.2, 0.25) is 0 Å². The minimum absolute atomic E-state index is 0.0759. The van der Waals surface area contributed by atoms with Crippen LogP contribution < -0.4 is 0 Å². The van der Waals surface area contributed by atoms with E-state index in [0.717, 1.165) is 0 Å². The van der Waals surface area contributed by atoms with Crippen molar-refractivity contribution >= 4 is 17.5 Å². The number of alkyl halides is 1. The monoisotopic (exact) mass is 408 g/mol. The van der Waals surface area contributed by atoms with Crippen molar-refractivity contribution in [1.29, 1.82) is 0 Å². The lowest BCUT2D eigenvalue weighted by atomic mass is 9.45. The molecule has 3 unspecified atom stereocenters. The summed E-state index contributed by atoms with van der Waals surface area (Å²) >= 11 is 0. The van der Waals surface area contributed by atoms with Gasteiger partial charge in [-0.2, -0.15) is 0 Å². The number of fused-ring (bicyclic) bond motifs is 5. The molecule has 3 N–H and O–H groups in total. The van der Waals surface area contributed by atoms with Gasteiger partial charge in [0.1, 0.15) is 11.8 Å². The van der Waals surface area contributed by atoms with Crippen LogP contribution in [0, 0.1) is 34.5 Å². The number of rotatable bonds is 2. The number of ketones is 2. The van der Waals surface area contributed by atoms with Crippen LogP contribution in [-0.2, 0) is 14.4 Å². The molecule has 4 rings (SSSR count). The number of aliphatic hydroxyl groups is 2. The molecule has 6 nitrogen and oxygen atoms in total. The number of halogens is 1. The van der Waals surface area contributed by atoms with Crippen LogP contribution in [0.1, 0.15) is 52.9 Å². The second-order valence-electron chi connectivity index (χ2n) is 10.2. The third kappa shape index (κ3) is 2.43. The van der Waals surface area contributed by atoms with Gasteiger partial charge < -0.3 is 15.3 Å². The molecule has 0 spiro atoms. The molecule has 9 atom stereocenters. The summed E-state index contributed by atoms with van der Waals surface area (Å²) in [4.78, 5) is 35.9. The minimum atomic E-state index is -2.10. The van der Waals surface area contributed by atoms with Crippen LogP contribution in [0.4, 0.5) is 4.39 Å². The highest BCUT2D eigenvalue weighted by molar-refractivity contribution is 6.36. The molecule has 3 saturated carbocycles. The van der Waals surface area contributed by atoms with E-state index in [2.05, 4.69) is 0 Å². The predicted molar refractivity (Wildman–Crippen MR) is 101 cm³/mol. The second kappa shape index (κ2) is 6.20. The molecule has 3 fully saturated rings. The molecule has 0 saturated heterocycles. The quantitative estimate of drug-likeness (QED) is 0.603. The Bertz CT molecular complexity index is 822. The lowest BCUT2D eigenvalue weighted by molar-refractivity contribution is -0.192. The van der Waals surface area contributed by atoms with E-state index in [9.17, 15) is 29.7 Å². The molecule has 160 valence electrons. The van der Waals surface area contributed by atoms with Gasteiger partial charge >= 0.3 is 5.97 Å². The van der Waals surface area contributed by atoms with Crippen LogP contribution >= 0.6 is 0 Å². The predicted octanol–water partition coefficient (Wildman–Crippen LogP) is 2.07. The summed E-state index contributed by atoms with van der Waals surface area (Å²) < 4.78 is 15.3. The van der Waals surface area contributed by atoms with Gasteiger partial charge in [-0.1, -0.05) is 20.8 Å². The van der Waals surface area contributed by atoms with Gasteiger partial charge in [-0.15, -0.1) is 0 Å². The fourth-order valence-electron chi connectivity index (χ4n) is 7.67. The molecule has 0 aromatic heterocycles. The molecule has 0 aromatic carbocycles. The highest BCUT2D eigenvalue weighted by Crippen LogP contribution is 2.69. The normalized spacial score (nSPS) is 51.5. The van der Waals surface area contributed by atoms with Crippen LogP contribution in [0.25, 0.3) is 0 Å². The number of carbonyl (C=O) groups excluding carboxylic acids is 2. The number of Topliss-reactive ketones (excluding diaryl/α,β-unsaturated/α-hetero) is 1. The maximum absolute atomic E-state index is 15.3. The Hall–Kier alpha value is -1.60. The van der Waals surface area contributed by atoms with Crippen molar-refractivity contribution in [2.75, 3.05) is 0 Å². The highest BCUT2D eigenvalue weighted by Gasteiger charge is 2.72. The number of hydrogen-bond donors (Lipinski definition) is 3. The second-order valence-corrected chi connectivity index (χ2v) is 10.2. The molecule has 0 aliphatic heterocycles. The zero-order chi connectivity index (χ0) is 21.5. The van der Waals surface area contributed by atoms with Crippen LogP contribution in [0.3, 0.4) is 0 Å². The maximum atomic E-state index is 15.3. The summed E-state index contributed by atoms with van der Waals surface area (Å²) in [6.45, 7) is 5.24. The third-order valence-corrected chi connectivity index (χ3v) is 8.99.